The molecule has 0 aliphatic carbocycles. The first kappa shape index (κ1) is 31.9. The molecular weight excluding hydrogens is 593 g/mol. The minimum Gasteiger partial charge on any atom is -0.488 e. The number of halogens is 3. The second kappa shape index (κ2) is 13.2. The van der Waals surface area contributed by atoms with Gasteiger partial charge in [-0.15, -0.1) is 0 Å². The van der Waals surface area contributed by atoms with Gasteiger partial charge in [0.1, 0.15) is 11.9 Å². The maximum absolute atomic E-state index is 13.7. The van der Waals surface area contributed by atoms with Crippen molar-refractivity contribution in [3.8, 4) is 17.2 Å². The van der Waals surface area contributed by atoms with E-state index in [4.69, 9.17) is 14.2 Å². The predicted octanol–water partition coefficient (Wildman–Crippen LogP) is 5.43. The first-order chi connectivity index (χ1) is 21.4. The lowest BCUT2D eigenvalue weighted by molar-refractivity contribution is -0.137. The van der Waals surface area contributed by atoms with Gasteiger partial charge >= 0.3 is 12.2 Å². The van der Waals surface area contributed by atoms with Crippen molar-refractivity contribution in [1.82, 2.24) is 9.80 Å². The molecule has 0 saturated carbocycles. The summed E-state index contributed by atoms with van der Waals surface area (Å²) < 4.78 is 55.9. The summed E-state index contributed by atoms with van der Waals surface area (Å²) in [5, 5.41) is 15.0. The van der Waals surface area contributed by atoms with Crippen molar-refractivity contribution < 1.29 is 42.1 Å². The summed E-state index contributed by atoms with van der Waals surface area (Å²) in [6, 6.07) is 13.4. The highest BCUT2D eigenvalue weighted by Gasteiger charge is 2.34. The van der Waals surface area contributed by atoms with Crippen LogP contribution in [0.4, 0.5) is 29.3 Å². The minimum absolute atomic E-state index is 0.0948. The lowest BCUT2D eigenvalue weighted by Crippen LogP contribution is -2.49. The van der Waals surface area contributed by atoms with Gasteiger partial charge in [-0.1, -0.05) is 13.0 Å². The van der Waals surface area contributed by atoms with Gasteiger partial charge in [0.25, 0.3) is 5.91 Å². The molecular formula is C32H35F3N4O6. The third-order valence-electron chi connectivity index (χ3n) is 7.77. The average molecular weight is 629 g/mol. The number of alkyl halides is 3. The predicted molar refractivity (Wildman–Crippen MR) is 161 cm³/mol. The molecule has 3 N–H and O–H groups in total. The Bertz CT molecular complexity index is 1530. The quantitative estimate of drug-likeness (QED) is 0.305. The summed E-state index contributed by atoms with van der Waals surface area (Å²) in [5.41, 5.74) is 0.851. The van der Waals surface area contributed by atoms with Gasteiger partial charge in [-0.3, -0.25) is 9.69 Å². The van der Waals surface area contributed by atoms with Crippen molar-refractivity contribution in [2.24, 2.45) is 5.92 Å². The van der Waals surface area contributed by atoms with E-state index in [-0.39, 0.29) is 48.3 Å². The summed E-state index contributed by atoms with van der Waals surface area (Å²) in [5.74, 6) is 1.29. The zero-order valence-electron chi connectivity index (χ0n) is 25.1. The summed E-state index contributed by atoms with van der Waals surface area (Å²) in [6.07, 6.45) is -4.82. The van der Waals surface area contributed by atoms with Crippen LogP contribution in [-0.4, -0.2) is 72.5 Å². The number of urea groups is 1. The van der Waals surface area contributed by atoms with Crippen LogP contribution in [0.2, 0.25) is 0 Å². The van der Waals surface area contributed by atoms with E-state index >= 15 is 0 Å². The van der Waals surface area contributed by atoms with Gasteiger partial charge in [0.05, 0.1) is 23.8 Å². The molecule has 3 aromatic rings. The number of ether oxygens (including phenoxy) is 3. The number of rotatable bonds is 8. The number of hydrogen-bond acceptors (Lipinski definition) is 7. The number of likely N-dealkylation sites (N-methyl/N-ethyl adjacent to an activating group) is 1. The topological polar surface area (TPSA) is 113 Å². The molecule has 0 spiro atoms. The van der Waals surface area contributed by atoms with Crippen LogP contribution in [-0.2, 0) is 12.7 Å². The summed E-state index contributed by atoms with van der Waals surface area (Å²) in [7, 11) is 1.97. The van der Waals surface area contributed by atoms with Gasteiger partial charge in [-0.05, 0) is 74.1 Å². The Balaban J connectivity index is 1.32. The number of anilines is 2. The Hall–Kier alpha value is -4.49. The Morgan fingerprint density at radius 2 is 1.69 bits per heavy atom. The molecule has 5 rings (SSSR count). The van der Waals surface area contributed by atoms with Gasteiger partial charge in [0.15, 0.2) is 11.5 Å². The van der Waals surface area contributed by atoms with Crippen LogP contribution in [0.25, 0.3) is 0 Å². The number of nitrogens with zero attached hydrogens (tertiary/aromatic N) is 2. The van der Waals surface area contributed by atoms with Gasteiger partial charge in [0, 0.05) is 36.9 Å². The van der Waals surface area contributed by atoms with E-state index in [1.165, 1.54) is 6.07 Å². The number of carbonyl (C=O) groups excluding carboxylic acids is 2. The molecule has 0 aromatic heterocycles. The van der Waals surface area contributed by atoms with E-state index < -0.39 is 23.8 Å². The van der Waals surface area contributed by atoms with E-state index in [1.807, 2.05) is 32.2 Å². The van der Waals surface area contributed by atoms with Gasteiger partial charge in [-0.2, -0.15) is 13.2 Å². The van der Waals surface area contributed by atoms with Crippen LogP contribution in [0, 0.1) is 5.92 Å². The number of carbonyl (C=O) groups is 2. The maximum atomic E-state index is 13.7. The third kappa shape index (κ3) is 7.60. The number of aliphatic hydroxyl groups excluding tert-OH is 1. The monoisotopic (exact) mass is 628 g/mol. The van der Waals surface area contributed by atoms with Crippen LogP contribution < -0.4 is 24.8 Å². The molecule has 0 fully saturated rings. The Kier molecular flexibility index (Phi) is 9.40. The average Bonchev–Trinajstić information content (AvgIpc) is 3.46. The van der Waals surface area contributed by atoms with Crippen molar-refractivity contribution in [1.29, 1.82) is 0 Å². The fourth-order valence-electron chi connectivity index (χ4n) is 5.28. The Morgan fingerprint density at radius 3 is 2.40 bits per heavy atom. The SMILES string of the molecule is C[C@H](CO)N1C[C@H](C)[C@H](CN(C)Cc2ccc3c(c2)OCO3)Oc2ccc(NC(=O)Nc3ccc(C(F)(F)F)cc3)cc2C1=O. The van der Waals surface area contributed by atoms with Gasteiger partial charge < -0.3 is 34.9 Å². The standard InChI is InChI=1S/C32H35F3N4O6/c1-19-14-39(20(2)17-40)30(41)25-13-24(37-31(42)36-23-7-5-22(6-8-23)32(33,34)35)9-11-26(25)45-29(19)16-38(3)15-21-4-10-27-28(12-21)44-18-43-27/h4-13,19-20,29,40H,14-18H2,1-3H3,(H2,36,37,42)/t19-,20+,29-/m0/s1. The fraction of sp³-hybridized carbons (Fsp3) is 0.375. The van der Waals surface area contributed by atoms with E-state index in [1.54, 1.807) is 24.0 Å². The number of nitrogens with one attached hydrogen (secondary N) is 2. The highest BCUT2D eigenvalue weighted by atomic mass is 19.4. The molecule has 3 atom stereocenters. The zero-order chi connectivity index (χ0) is 32.3. The van der Waals surface area contributed by atoms with Crippen LogP contribution in [0.3, 0.4) is 0 Å². The van der Waals surface area contributed by atoms with Gasteiger partial charge in [-0.25, -0.2) is 4.79 Å². The van der Waals surface area contributed by atoms with Crippen molar-refractivity contribution in [3.63, 3.8) is 0 Å². The molecule has 2 aliphatic rings. The summed E-state index contributed by atoms with van der Waals surface area (Å²) >= 11 is 0. The highest BCUT2D eigenvalue weighted by Crippen LogP contribution is 2.34. The maximum Gasteiger partial charge on any atom is 0.416 e. The van der Waals surface area contributed by atoms with Crippen molar-refractivity contribution in [2.45, 2.75) is 38.7 Å². The Morgan fingerprint density at radius 1 is 1.02 bits per heavy atom. The van der Waals surface area contributed by atoms with E-state index in [9.17, 15) is 27.9 Å². The van der Waals surface area contributed by atoms with Crippen molar-refractivity contribution >= 4 is 23.3 Å². The van der Waals surface area contributed by atoms with Crippen molar-refractivity contribution in [3.05, 3.63) is 77.4 Å². The minimum atomic E-state index is -4.49. The number of fused-ring (bicyclic) bond motifs is 2. The number of aliphatic hydroxyl groups is 1. The molecule has 10 nitrogen and oxygen atoms in total. The largest absolute Gasteiger partial charge is 0.488 e. The second-order valence-electron chi connectivity index (χ2n) is 11.4. The summed E-state index contributed by atoms with van der Waals surface area (Å²) in [4.78, 5) is 30.1. The second-order valence-corrected chi connectivity index (χ2v) is 11.4. The molecule has 240 valence electrons. The van der Waals surface area contributed by atoms with E-state index in [0.29, 0.717) is 36.9 Å². The molecule has 13 heteroatoms. The smallest absolute Gasteiger partial charge is 0.416 e. The lowest BCUT2D eigenvalue weighted by atomic mass is 9.99. The van der Waals surface area contributed by atoms with Crippen LogP contribution >= 0.6 is 0 Å². The molecule has 2 aliphatic heterocycles. The molecule has 0 bridgehead atoms. The summed E-state index contributed by atoms with van der Waals surface area (Å²) in [6.45, 7) is 5.18. The number of amides is 3. The number of benzene rings is 3. The lowest BCUT2D eigenvalue weighted by Gasteiger charge is -2.38. The molecule has 0 saturated heterocycles. The first-order valence-electron chi connectivity index (χ1n) is 14.5. The van der Waals surface area contributed by atoms with Crippen LogP contribution in [0.5, 0.6) is 17.2 Å². The number of hydrogen-bond donors (Lipinski definition) is 3. The molecule has 0 unspecified atom stereocenters. The normalized spacial score (nSPS) is 18.5. The molecule has 3 aromatic carbocycles. The zero-order valence-corrected chi connectivity index (χ0v) is 25.1. The highest BCUT2D eigenvalue weighted by molar-refractivity contribution is 6.02. The fourth-order valence-corrected chi connectivity index (χ4v) is 5.28. The molecule has 45 heavy (non-hydrogen) atoms. The van der Waals surface area contributed by atoms with E-state index in [0.717, 1.165) is 29.8 Å². The van der Waals surface area contributed by atoms with E-state index in [2.05, 4.69) is 15.5 Å². The molecule has 0 radical (unpaired) electrons. The van der Waals surface area contributed by atoms with Crippen molar-refractivity contribution in [2.75, 3.05) is 44.2 Å². The third-order valence-corrected chi connectivity index (χ3v) is 7.77. The molecule has 3 amide bonds. The van der Waals surface area contributed by atoms with Gasteiger partial charge in [0.2, 0.25) is 6.79 Å². The molecule has 2 heterocycles. The Labute approximate surface area is 258 Å². The van der Waals surface area contributed by atoms with Crippen LogP contribution in [0.1, 0.15) is 35.3 Å². The first-order valence-corrected chi connectivity index (χ1v) is 14.5. The van der Waals surface area contributed by atoms with Crippen LogP contribution in [0.15, 0.2) is 60.7 Å².